The molecular formula is C26H18Cl2N2S. The van der Waals surface area contributed by atoms with Gasteiger partial charge in [-0.3, -0.25) is 0 Å². The standard InChI is InChI=1S/C26H18Cl2N2S/c27-19-10-5-17(6-11-19)23-15-31-26-29-24-21-4-2-1-3-16(21)9-14-22(24)25(30(23)26)18-7-12-20(28)13-8-18/h1-8,10-13,15,25H,9,14H2. The van der Waals surface area contributed by atoms with E-state index in [0.717, 1.165) is 45.0 Å². The van der Waals surface area contributed by atoms with E-state index in [9.17, 15) is 0 Å². The quantitative estimate of drug-likeness (QED) is 0.387. The van der Waals surface area contributed by atoms with Crippen LogP contribution in [0.4, 0.5) is 0 Å². The van der Waals surface area contributed by atoms with Crippen molar-refractivity contribution in [3.05, 3.63) is 116 Å². The number of aliphatic imine (C=N–C) groups is 1. The fourth-order valence-electron chi connectivity index (χ4n) is 4.66. The SMILES string of the molecule is Clc1ccc(C2=CSC3=NC4=C(CCc5ccccc54)C(c4ccc(Cl)cc4)N23)cc1. The second kappa shape index (κ2) is 7.59. The number of hydrogen-bond acceptors (Lipinski definition) is 3. The predicted molar refractivity (Wildman–Crippen MR) is 132 cm³/mol. The number of rotatable bonds is 2. The Morgan fingerprint density at radius 2 is 1.55 bits per heavy atom. The number of hydrogen-bond donors (Lipinski definition) is 0. The van der Waals surface area contributed by atoms with Crippen LogP contribution in [0.25, 0.3) is 11.4 Å². The van der Waals surface area contributed by atoms with Gasteiger partial charge in [-0.2, -0.15) is 0 Å². The summed E-state index contributed by atoms with van der Waals surface area (Å²) in [6, 6.07) is 25.0. The summed E-state index contributed by atoms with van der Waals surface area (Å²) < 4.78 is 0. The fraction of sp³-hybridized carbons (Fsp3) is 0.115. The Labute approximate surface area is 195 Å². The van der Waals surface area contributed by atoms with Gasteiger partial charge in [-0.15, -0.1) is 0 Å². The van der Waals surface area contributed by atoms with Gasteiger partial charge in [0.2, 0.25) is 0 Å². The molecule has 0 aromatic heterocycles. The highest BCUT2D eigenvalue weighted by molar-refractivity contribution is 8.16. The molecule has 0 saturated heterocycles. The van der Waals surface area contributed by atoms with Crippen molar-refractivity contribution in [2.75, 3.05) is 0 Å². The lowest BCUT2D eigenvalue weighted by atomic mass is 9.82. The first kappa shape index (κ1) is 19.2. The van der Waals surface area contributed by atoms with Crippen molar-refractivity contribution in [3.63, 3.8) is 0 Å². The highest BCUT2D eigenvalue weighted by atomic mass is 35.5. The van der Waals surface area contributed by atoms with Crippen LogP contribution in [0, 0.1) is 0 Å². The molecule has 0 amide bonds. The summed E-state index contributed by atoms with van der Waals surface area (Å²) in [6.45, 7) is 0. The van der Waals surface area contributed by atoms with Crippen LogP contribution in [-0.4, -0.2) is 10.1 Å². The molecule has 0 bridgehead atoms. The molecule has 3 aromatic rings. The molecule has 152 valence electrons. The zero-order valence-corrected chi connectivity index (χ0v) is 18.9. The lowest BCUT2D eigenvalue weighted by Gasteiger charge is -2.39. The van der Waals surface area contributed by atoms with Gasteiger partial charge in [-0.1, -0.05) is 83.5 Å². The first-order valence-corrected chi connectivity index (χ1v) is 11.9. The maximum absolute atomic E-state index is 6.23. The summed E-state index contributed by atoms with van der Waals surface area (Å²) in [5.74, 6) is 0. The van der Waals surface area contributed by atoms with Crippen LogP contribution >= 0.6 is 35.0 Å². The van der Waals surface area contributed by atoms with Crippen molar-refractivity contribution in [2.45, 2.75) is 18.9 Å². The lowest BCUT2D eigenvalue weighted by Crippen LogP contribution is -2.34. The third kappa shape index (κ3) is 3.23. The summed E-state index contributed by atoms with van der Waals surface area (Å²) >= 11 is 14.1. The zero-order chi connectivity index (χ0) is 20.9. The smallest absolute Gasteiger partial charge is 0.174 e. The molecule has 0 fully saturated rings. The van der Waals surface area contributed by atoms with Gasteiger partial charge in [-0.05, 0) is 59.4 Å². The molecule has 0 saturated carbocycles. The number of amidine groups is 1. The Bertz CT molecular complexity index is 1270. The molecular weight excluding hydrogens is 443 g/mol. The van der Waals surface area contributed by atoms with Crippen LogP contribution in [0.2, 0.25) is 10.0 Å². The van der Waals surface area contributed by atoms with Crippen LogP contribution in [0.15, 0.2) is 88.8 Å². The molecule has 3 aliphatic rings. The summed E-state index contributed by atoms with van der Waals surface area (Å²) in [5.41, 5.74) is 8.66. The number of halogens is 2. The van der Waals surface area contributed by atoms with Crippen LogP contribution in [0.1, 0.15) is 34.7 Å². The molecule has 1 atom stereocenters. The summed E-state index contributed by atoms with van der Waals surface area (Å²) in [7, 11) is 0. The van der Waals surface area contributed by atoms with Crippen molar-refractivity contribution < 1.29 is 0 Å². The maximum atomic E-state index is 6.23. The van der Waals surface area contributed by atoms with Crippen LogP contribution in [0.3, 0.4) is 0 Å². The maximum Gasteiger partial charge on any atom is 0.174 e. The third-order valence-electron chi connectivity index (χ3n) is 6.10. The van der Waals surface area contributed by atoms with Crippen LogP contribution < -0.4 is 0 Å². The van der Waals surface area contributed by atoms with E-state index in [2.05, 4.69) is 58.8 Å². The summed E-state index contributed by atoms with van der Waals surface area (Å²) in [6.07, 6.45) is 2.02. The van der Waals surface area contributed by atoms with E-state index in [1.165, 1.54) is 22.3 Å². The van der Waals surface area contributed by atoms with Gasteiger partial charge in [0.25, 0.3) is 0 Å². The average molecular weight is 461 g/mol. The lowest BCUT2D eigenvalue weighted by molar-refractivity contribution is 0.473. The highest BCUT2D eigenvalue weighted by Gasteiger charge is 2.40. The van der Waals surface area contributed by atoms with E-state index in [0.29, 0.717) is 0 Å². The van der Waals surface area contributed by atoms with E-state index < -0.39 is 0 Å². The van der Waals surface area contributed by atoms with E-state index >= 15 is 0 Å². The minimum absolute atomic E-state index is 0.0880. The minimum atomic E-state index is 0.0880. The predicted octanol–water partition coefficient (Wildman–Crippen LogP) is 7.81. The Morgan fingerprint density at radius 3 is 2.32 bits per heavy atom. The van der Waals surface area contributed by atoms with Crippen molar-refractivity contribution >= 4 is 51.5 Å². The van der Waals surface area contributed by atoms with E-state index in [-0.39, 0.29) is 6.04 Å². The molecule has 2 nitrogen and oxygen atoms in total. The Kier molecular flexibility index (Phi) is 4.71. The second-order valence-corrected chi connectivity index (χ2v) is 9.59. The minimum Gasteiger partial charge on any atom is -0.308 e. The molecule has 6 rings (SSSR count). The Hall–Kier alpha value is -2.46. The van der Waals surface area contributed by atoms with Crippen molar-refractivity contribution in [2.24, 2.45) is 4.99 Å². The molecule has 0 radical (unpaired) electrons. The largest absolute Gasteiger partial charge is 0.308 e. The molecule has 5 heteroatoms. The zero-order valence-electron chi connectivity index (χ0n) is 16.6. The van der Waals surface area contributed by atoms with Crippen LogP contribution in [0.5, 0.6) is 0 Å². The third-order valence-corrected chi connectivity index (χ3v) is 7.45. The first-order chi connectivity index (χ1) is 15.2. The Morgan fingerprint density at radius 1 is 0.839 bits per heavy atom. The second-order valence-electron chi connectivity index (χ2n) is 7.88. The molecule has 1 aliphatic carbocycles. The summed E-state index contributed by atoms with van der Waals surface area (Å²) in [5, 5.41) is 4.71. The number of benzene rings is 3. The molecule has 2 aliphatic heterocycles. The summed E-state index contributed by atoms with van der Waals surface area (Å²) in [4.78, 5) is 7.55. The molecule has 31 heavy (non-hydrogen) atoms. The number of aryl methyl sites for hydroxylation is 1. The van der Waals surface area contributed by atoms with Gasteiger partial charge in [0.05, 0.1) is 17.4 Å². The van der Waals surface area contributed by atoms with E-state index in [1.54, 1.807) is 11.8 Å². The van der Waals surface area contributed by atoms with Crippen molar-refractivity contribution in [1.29, 1.82) is 0 Å². The van der Waals surface area contributed by atoms with Crippen LogP contribution in [-0.2, 0) is 6.42 Å². The van der Waals surface area contributed by atoms with Gasteiger partial charge in [-0.25, -0.2) is 4.99 Å². The van der Waals surface area contributed by atoms with Gasteiger partial charge >= 0.3 is 0 Å². The van der Waals surface area contributed by atoms with Crippen molar-refractivity contribution in [1.82, 2.24) is 4.90 Å². The van der Waals surface area contributed by atoms with Gasteiger partial charge < -0.3 is 4.90 Å². The Balaban J connectivity index is 1.53. The van der Waals surface area contributed by atoms with Gasteiger partial charge in [0.15, 0.2) is 5.17 Å². The molecule has 3 aromatic carbocycles. The van der Waals surface area contributed by atoms with E-state index in [4.69, 9.17) is 28.2 Å². The molecule has 0 spiro atoms. The van der Waals surface area contributed by atoms with Gasteiger partial charge in [0, 0.05) is 21.0 Å². The average Bonchev–Trinajstić information content (AvgIpc) is 3.22. The fourth-order valence-corrected chi connectivity index (χ4v) is 5.84. The molecule has 1 unspecified atom stereocenters. The monoisotopic (exact) mass is 460 g/mol. The number of fused-ring (bicyclic) bond motifs is 3. The van der Waals surface area contributed by atoms with Gasteiger partial charge in [0.1, 0.15) is 0 Å². The molecule has 0 N–H and O–H groups in total. The van der Waals surface area contributed by atoms with E-state index in [1.807, 2.05) is 24.3 Å². The molecule has 2 heterocycles. The first-order valence-electron chi connectivity index (χ1n) is 10.3. The normalized spacial score (nSPS) is 19.4. The topological polar surface area (TPSA) is 15.6 Å². The number of thioether (sulfide) groups is 1. The van der Waals surface area contributed by atoms with Crippen molar-refractivity contribution in [3.8, 4) is 0 Å². The number of nitrogens with zero attached hydrogens (tertiary/aromatic N) is 2. The highest BCUT2D eigenvalue weighted by Crippen LogP contribution is 2.51.